The van der Waals surface area contributed by atoms with Crippen molar-refractivity contribution >= 4 is 40.8 Å². The number of nitrogens with one attached hydrogen (secondary N) is 3. The van der Waals surface area contributed by atoms with Gasteiger partial charge in [0.15, 0.2) is 0 Å². The Morgan fingerprint density at radius 3 is 2.57 bits per heavy atom. The lowest BCUT2D eigenvalue weighted by Gasteiger charge is -2.39. The van der Waals surface area contributed by atoms with Gasteiger partial charge in [-0.2, -0.15) is 0 Å². The van der Waals surface area contributed by atoms with Crippen molar-refractivity contribution < 1.29 is 9.35 Å². The van der Waals surface area contributed by atoms with E-state index in [1.54, 1.807) is 12.5 Å². The normalized spacial score (nSPS) is 21.0. The van der Waals surface area contributed by atoms with E-state index in [2.05, 4.69) is 47.8 Å². The van der Waals surface area contributed by atoms with Gasteiger partial charge in [0.25, 0.3) is 0 Å². The molecule has 2 unspecified atom stereocenters. The molecule has 3 heterocycles. The molecule has 0 spiro atoms. The quantitative estimate of drug-likeness (QED) is 0.291. The molecular weight excluding hydrogens is 620 g/mol. The average Bonchev–Trinajstić information content (AvgIpc) is 3.39. The molecule has 246 valence electrons. The summed E-state index contributed by atoms with van der Waals surface area (Å²) in [5, 5.41) is 6.91. The lowest BCUT2D eigenvalue weighted by molar-refractivity contribution is 0.152. The number of aryl methyl sites for hydroxylation is 1. The summed E-state index contributed by atoms with van der Waals surface area (Å²) in [7, 11) is 1.93. The first-order valence-corrected chi connectivity index (χ1v) is 17.7. The highest BCUT2D eigenvalue weighted by atomic mass is 35.5. The molecule has 0 bridgehead atoms. The molecule has 1 saturated heterocycles. The van der Waals surface area contributed by atoms with Crippen LogP contribution < -0.4 is 15.4 Å². The molecule has 2 aromatic heterocycles. The molecule has 0 radical (unpaired) electrons. The summed E-state index contributed by atoms with van der Waals surface area (Å²) in [4.78, 5) is 25.2. The van der Waals surface area contributed by atoms with Gasteiger partial charge in [-0.1, -0.05) is 43.0 Å². The highest BCUT2D eigenvalue weighted by molar-refractivity contribution is 7.87. The van der Waals surface area contributed by atoms with Gasteiger partial charge in [0.05, 0.1) is 55.1 Å². The van der Waals surface area contributed by atoms with Crippen molar-refractivity contribution in [1.82, 2.24) is 39.1 Å². The summed E-state index contributed by atoms with van der Waals surface area (Å²) in [6.07, 6.45) is 13.4. The first-order valence-electron chi connectivity index (χ1n) is 16.3. The third kappa shape index (κ3) is 7.45. The van der Waals surface area contributed by atoms with Crippen molar-refractivity contribution in [2.75, 3.05) is 26.2 Å². The minimum atomic E-state index is -1.21. The SMILES string of the molecule is Cn1cncc1C(NC(=O)NC(C)(C)C)C1=Cc2cccnc2[C@@H](N2CCN([S+]([O-])NC3CCCCC3)CC2)c2ccc(Cl)cc21. The maximum absolute atomic E-state index is 13.4. The average molecular weight is 665 g/mol. The molecule has 3 N–H and O–H groups in total. The summed E-state index contributed by atoms with van der Waals surface area (Å²) in [6.45, 7) is 8.69. The van der Waals surface area contributed by atoms with E-state index in [9.17, 15) is 9.35 Å². The van der Waals surface area contributed by atoms with Crippen LogP contribution >= 0.6 is 11.6 Å². The van der Waals surface area contributed by atoms with Crippen LogP contribution in [0.2, 0.25) is 5.02 Å². The molecular formula is C34H45ClN8O2S. The number of fused-ring (bicyclic) bond motifs is 2. The molecule has 1 aliphatic heterocycles. The smallest absolute Gasteiger partial charge is 0.315 e. The molecule has 2 amide bonds. The second-order valence-corrected chi connectivity index (χ2v) is 15.3. The van der Waals surface area contributed by atoms with E-state index in [1.165, 1.54) is 19.3 Å². The maximum atomic E-state index is 13.4. The van der Waals surface area contributed by atoms with Crippen molar-refractivity contribution in [2.45, 2.75) is 76.5 Å². The molecule has 12 heteroatoms. The molecule has 6 rings (SSSR count). The van der Waals surface area contributed by atoms with Gasteiger partial charge in [-0.3, -0.25) is 9.88 Å². The number of halogens is 1. The zero-order valence-corrected chi connectivity index (χ0v) is 28.7. The molecule has 1 aromatic carbocycles. The minimum absolute atomic E-state index is 0.158. The number of carbonyl (C=O) groups is 1. The standard InChI is InChI=1S/C34H45ClN8O2S/c1-34(2,3)39-33(44)38-31(29-21-36-22-41(29)4)28-19-23-9-8-14-37-30(23)32(26-13-12-24(35)20-27(26)28)42-15-17-43(18-16-42)46(45)40-25-10-6-5-7-11-25/h8-9,12-14,19-22,25,31-32,40H,5-7,10-11,15-18H2,1-4H3,(H2,38,39,44)/t31?,32-,46?/m0/s1. The van der Waals surface area contributed by atoms with E-state index in [1.807, 2.05) is 56.8 Å². The third-order valence-corrected chi connectivity index (χ3v) is 10.6. The summed E-state index contributed by atoms with van der Waals surface area (Å²) in [5.74, 6) is 0. The predicted octanol–water partition coefficient (Wildman–Crippen LogP) is 5.37. The lowest BCUT2D eigenvalue weighted by atomic mass is 9.90. The van der Waals surface area contributed by atoms with Gasteiger partial charge < -0.3 is 19.8 Å². The van der Waals surface area contributed by atoms with E-state index >= 15 is 0 Å². The summed E-state index contributed by atoms with van der Waals surface area (Å²) < 4.78 is 20.7. The fourth-order valence-electron chi connectivity index (χ4n) is 6.83. The fraction of sp³-hybridized carbons (Fsp3) is 0.500. The number of nitrogens with zero attached hydrogens (tertiary/aromatic N) is 5. The molecule has 2 aliphatic carbocycles. The molecule has 3 atom stereocenters. The molecule has 10 nitrogen and oxygen atoms in total. The minimum Gasteiger partial charge on any atom is -0.579 e. The lowest BCUT2D eigenvalue weighted by Crippen LogP contribution is -2.54. The van der Waals surface area contributed by atoms with Gasteiger partial charge in [-0.05, 0) is 80.2 Å². The second-order valence-electron chi connectivity index (χ2n) is 13.6. The van der Waals surface area contributed by atoms with E-state index in [0.717, 1.165) is 59.6 Å². The summed E-state index contributed by atoms with van der Waals surface area (Å²) in [6, 6.07) is 9.41. The Labute approximate surface area is 280 Å². The van der Waals surface area contributed by atoms with Crippen molar-refractivity contribution in [3.63, 3.8) is 0 Å². The van der Waals surface area contributed by atoms with Crippen LogP contribution in [0.3, 0.4) is 0 Å². The largest absolute Gasteiger partial charge is 0.579 e. The van der Waals surface area contributed by atoms with Crippen LogP contribution in [0.1, 0.15) is 93.0 Å². The Balaban J connectivity index is 1.35. The van der Waals surface area contributed by atoms with Gasteiger partial charge in [-0.25, -0.2) is 9.78 Å². The van der Waals surface area contributed by atoms with E-state index in [-0.39, 0.29) is 12.1 Å². The molecule has 2 fully saturated rings. The number of pyridine rings is 1. The summed E-state index contributed by atoms with van der Waals surface area (Å²) in [5.41, 5.74) is 5.25. The Bertz CT molecular complexity index is 1560. The van der Waals surface area contributed by atoms with Crippen LogP contribution in [0, 0.1) is 0 Å². The van der Waals surface area contributed by atoms with Crippen LogP contribution in [0.15, 0.2) is 49.1 Å². The van der Waals surface area contributed by atoms with Gasteiger partial charge >= 0.3 is 6.03 Å². The topological polar surface area (TPSA) is 113 Å². The Morgan fingerprint density at radius 2 is 1.87 bits per heavy atom. The van der Waals surface area contributed by atoms with E-state index in [4.69, 9.17) is 16.6 Å². The van der Waals surface area contributed by atoms with E-state index in [0.29, 0.717) is 24.2 Å². The van der Waals surface area contributed by atoms with E-state index < -0.39 is 23.1 Å². The molecule has 1 saturated carbocycles. The third-order valence-electron chi connectivity index (χ3n) is 9.03. The number of carbonyl (C=O) groups excluding carboxylic acids is 1. The van der Waals surface area contributed by atoms with Gasteiger partial charge in [0, 0.05) is 36.9 Å². The van der Waals surface area contributed by atoms with Crippen LogP contribution in [-0.2, 0) is 18.6 Å². The fourth-order valence-corrected chi connectivity index (χ4v) is 8.16. The zero-order chi connectivity index (χ0) is 32.4. The van der Waals surface area contributed by atoms with Gasteiger partial charge in [0.2, 0.25) is 0 Å². The summed E-state index contributed by atoms with van der Waals surface area (Å²) >= 11 is 5.50. The molecule has 46 heavy (non-hydrogen) atoms. The van der Waals surface area contributed by atoms with Gasteiger partial charge in [-0.15, -0.1) is 9.03 Å². The number of amides is 2. The van der Waals surface area contributed by atoms with Crippen molar-refractivity contribution in [1.29, 1.82) is 0 Å². The Morgan fingerprint density at radius 1 is 1.11 bits per heavy atom. The highest BCUT2D eigenvalue weighted by Gasteiger charge is 2.37. The van der Waals surface area contributed by atoms with Crippen LogP contribution in [0.5, 0.6) is 0 Å². The Kier molecular flexibility index (Phi) is 10.1. The van der Waals surface area contributed by atoms with Crippen molar-refractivity contribution in [3.8, 4) is 0 Å². The number of urea groups is 1. The first-order chi connectivity index (χ1) is 22.1. The van der Waals surface area contributed by atoms with Crippen LogP contribution in [0.4, 0.5) is 4.79 Å². The molecule has 3 aromatic rings. The monoisotopic (exact) mass is 664 g/mol. The van der Waals surface area contributed by atoms with Crippen LogP contribution in [0.25, 0.3) is 11.6 Å². The van der Waals surface area contributed by atoms with Crippen molar-refractivity contribution in [3.05, 3.63) is 82.2 Å². The maximum Gasteiger partial charge on any atom is 0.315 e. The van der Waals surface area contributed by atoms with Gasteiger partial charge in [0.1, 0.15) is 11.5 Å². The number of hydrogen-bond donors (Lipinski definition) is 3. The van der Waals surface area contributed by atoms with Crippen molar-refractivity contribution in [2.24, 2.45) is 7.05 Å². The number of rotatable bonds is 7. The first kappa shape index (κ1) is 33.0. The predicted molar refractivity (Wildman–Crippen MR) is 184 cm³/mol. The van der Waals surface area contributed by atoms with Crippen LogP contribution in [-0.4, -0.2) is 72.1 Å². The number of piperazine rings is 1. The second kappa shape index (κ2) is 14.0. The zero-order valence-electron chi connectivity index (χ0n) is 27.1. The number of imidazole rings is 1. The number of hydrogen-bond acceptors (Lipinski definition) is 7. The number of aromatic nitrogens is 3. The number of benzene rings is 1. The highest BCUT2D eigenvalue weighted by Crippen LogP contribution is 2.44. The molecule has 3 aliphatic rings. The Hall–Kier alpha value is -2.93.